The standard InChI is InChI=1S/C24H26Cl2N4O4/c1-3-27(4-2)24(32)29-14-12-28(13-15-29)22(31)11-8-17-6-5-7-21(30(33)34)23(17)19-10-9-18(25)16-20(19)26/h5-11,16H,3-4,12-15H2,1-2H3/b11-8+. The third-order valence-electron chi connectivity index (χ3n) is 5.77. The molecular weight excluding hydrogens is 479 g/mol. The minimum atomic E-state index is -0.481. The van der Waals surface area contributed by atoms with Crippen LogP contribution in [0.15, 0.2) is 42.5 Å². The molecule has 1 aliphatic heterocycles. The van der Waals surface area contributed by atoms with Crippen molar-refractivity contribution in [3.63, 3.8) is 0 Å². The molecular formula is C24H26Cl2N4O4. The molecule has 180 valence electrons. The molecule has 10 heteroatoms. The number of carbonyl (C=O) groups excluding carboxylic acids is 2. The van der Waals surface area contributed by atoms with Gasteiger partial charge in [0, 0.05) is 62.0 Å². The topological polar surface area (TPSA) is 87.0 Å². The zero-order chi connectivity index (χ0) is 24.8. The third kappa shape index (κ3) is 5.69. The molecule has 0 radical (unpaired) electrons. The first-order valence-electron chi connectivity index (χ1n) is 11.0. The number of piperazine rings is 1. The van der Waals surface area contributed by atoms with Crippen LogP contribution in [0.2, 0.25) is 10.0 Å². The van der Waals surface area contributed by atoms with Gasteiger partial charge in [-0.1, -0.05) is 41.4 Å². The molecule has 0 unspecified atom stereocenters. The maximum atomic E-state index is 12.8. The largest absolute Gasteiger partial charge is 0.336 e. The second-order valence-corrected chi connectivity index (χ2v) is 8.57. The number of benzene rings is 2. The van der Waals surface area contributed by atoms with Crippen molar-refractivity contribution in [2.24, 2.45) is 0 Å². The Balaban J connectivity index is 1.80. The van der Waals surface area contributed by atoms with Crippen LogP contribution in [0.4, 0.5) is 10.5 Å². The van der Waals surface area contributed by atoms with Gasteiger partial charge in [0.05, 0.1) is 15.5 Å². The van der Waals surface area contributed by atoms with E-state index in [1.807, 2.05) is 13.8 Å². The van der Waals surface area contributed by atoms with Crippen LogP contribution in [0.5, 0.6) is 0 Å². The highest BCUT2D eigenvalue weighted by atomic mass is 35.5. The number of rotatable bonds is 6. The van der Waals surface area contributed by atoms with Crippen LogP contribution < -0.4 is 0 Å². The lowest BCUT2D eigenvalue weighted by Crippen LogP contribution is -2.53. The van der Waals surface area contributed by atoms with Gasteiger partial charge in [0.2, 0.25) is 5.91 Å². The number of hydrogen-bond donors (Lipinski definition) is 0. The molecule has 1 aliphatic rings. The molecule has 8 nitrogen and oxygen atoms in total. The van der Waals surface area contributed by atoms with Crippen molar-refractivity contribution in [3.05, 3.63) is 68.2 Å². The fourth-order valence-electron chi connectivity index (χ4n) is 3.91. The summed E-state index contributed by atoms with van der Waals surface area (Å²) in [5, 5.41) is 12.4. The Morgan fingerprint density at radius 3 is 2.29 bits per heavy atom. The highest BCUT2D eigenvalue weighted by Crippen LogP contribution is 2.39. The normalized spacial score (nSPS) is 13.9. The van der Waals surface area contributed by atoms with Crippen molar-refractivity contribution in [1.29, 1.82) is 0 Å². The van der Waals surface area contributed by atoms with E-state index in [2.05, 4.69) is 0 Å². The third-order valence-corrected chi connectivity index (χ3v) is 6.32. The highest BCUT2D eigenvalue weighted by molar-refractivity contribution is 6.36. The fourth-order valence-corrected chi connectivity index (χ4v) is 4.42. The maximum absolute atomic E-state index is 12.8. The minimum Gasteiger partial charge on any atom is -0.336 e. The molecule has 34 heavy (non-hydrogen) atoms. The molecule has 2 aromatic rings. The van der Waals surface area contributed by atoms with Crippen LogP contribution in [-0.4, -0.2) is 70.8 Å². The van der Waals surface area contributed by atoms with Gasteiger partial charge in [0.1, 0.15) is 0 Å². The van der Waals surface area contributed by atoms with Gasteiger partial charge >= 0.3 is 6.03 Å². The number of nitrogens with zero attached hydrogens (tertiary/aromatic N) is 4. The lowest BCUT2D eigenvalue weighted by Gasteiger charge is -2.36. The van der Waals surface area contributed by atoms with Gasteiger partial charge in [-0.25, -0.2) is 4.79 Å². The first-order chi connectivity index (χ1) is 16.3. The summed E-state index contributed by atoms with van der Waals surface area (Å²) in [7, 11) is 0. The summed E-state index contributed by atoms with van der Waals surface area (Å²) in [6.45, 7) is 6.90. The van der Waals surface area contributed by atoms with E-state index in [9.17, 15) is 19.7 Å². The van der Waals surface area contributed by atoms with Crippen LogP contribution in [0.3, 0.4) is 0 Å². The Hall–Kier alpha value is -3.10. The summed E-state index contributed by atoms with van der Waals surface area (Å²) in [4.78, 5) is 41.7. The monoisotopic (exact) mass is 504 g/mol. The second kappa shape index (κ2) is 11.4. The van der Waals surface area contributed by atoms with Gasteiger partial charge in [-0.2, -0.15) is 0 Å². The smallest absolute Gasteiger partial charge is 0.320 e. The number of amides is 3. The van der Waals surface area contributed by atoms with Crippen molar-refractivity contribution >= 4 is 46.9 Å². The molecule has 1 fully saturated rings. The molecule has 0 saturated carbocycles. The fraction of sp³-hybridized carbons (Fsp3) is 0.333. The van der Waals surface area contributed by atoms with Crippen molar-refractivity contribution in [2.75, 3.05) is 39.3 Å². The molecule has 0 aromatic heterocycles. The molecule has 3 amide bonds. The second-order valence-electron chi connectivity index (χ2n) is 7.72. The van der Waals surface area contributed by atoms with E-state index in [0.717, 1.165) is 0 Å². The molecule has 1 heterocycles. The lowest BCUT2D eigenvalue weighted by atomic mass is 9.97. The van der Waals surface area contributed by atoms with Crippen LogP contribution in [0, 0.1) is 10.1 Å². The van der Waals surface area contributed by atoms with E-state index >= 15 is 0 Å². The van der Waals surface area contributed by atoms with E-state index in [1.165, 1.54) is 18.2 Å². The zero-order valence-electron chi connectivity index (χ0n) is 19.0. The van der Waals surface area contributed by atoms with Crippen molar-refractivity contribution in [2.45, 2.75) is 13.8 Å². The van der Waals surface area contributed by atoms with Crippen LogP contribution in [0.1, 0.15) is 19.4 Å². The zero-order valence-corrected chi connectivity index (χ0v) is 20.6. The Kier molecular flexibility index (Phi) is 8.52. The van der Waals surface area contributed by atoms with E-state index in [0.29, 0.717) is 61.0 Å². The molecule has 0 atom stereocenters. The van der Waals surface area contributed by atoms with E-state index in [-0.39, 0.29) is 22.6 Å². The Labute approximate surface area is 208 Å². The highest BCUT2D eigenvalue weighted by Gasteiger charge is 2.26. The number of carbonyl (C=O) groups is 2. The predicted octanol–water partition coefficient (Wildman–Crippen LogP) is 5.19. The average molecular weight is 505 g/mol. The average Bonchev–Trinajstić information content (AvgIpc) is 2.83. The number of nitro benzene ring substituents is 1. The van der Waals surface area contributed by atoms with Crippen molar-refractivity contribution in [3.8, 4) is 11.1 Å². The molecule has 3 rings (SSSR count). The van der Waals surface area contributed by atoms with E-state index in [1.54, 1.807) is 45.0 Å². The summed E-state index contributed by atoms with van der Waals surface area (Å²) in [5.74, 6) is -0.227. The Morgan fingerprint density at radius 1 is 1.06 bits per heavy atom. The van der Waals surface area contributed by atoms with E-state index < -0.39 is 4.92 Å². The molecule has 0 bridgehead atoms. The summed E-state index contributed by atoms with van der Waals surface area (Å²) < 4.78 is 0. The summed E-state index contributed by atoms with van der Waals surface area (Å²) >= 11 is 12.3. The van der Waals surface area contributed by atoms with Crippen molar-refractivity contribution < 1.29 is 14.5 Å². The van der Waals surface area contributed by atoms with Crippen molar-refractivity contribution in [1.82, 2.24) is 14.7 Å². The predicted molar refractivity (Wildman–Crippen MR) is 134 cm³/mol. The first kappa shape index (κ1) is 25.5. The Morgan fingerprint density at radius 2 is 1.71 bits per heavy atom. The van der Waals surface area contributed by atoms with Crippen LogP contribution >= 0.6 is 23.2 Å². The maximum Gasteiger partial charge on any atom is 0.320 e. The number of nitro groups is 1. The number of hydrogen-bond acceptors (Lipinski definition) is 4. The minimum absolute atomic E-state index is 0.0197. The molecule has 0 spiro atoms. The SMILES string of the molecule is CCN(CC)C(=O)N1CCN(C(=O)/C=C/c2cccc([N+](=O)[O-])c2-c2ccc(Cl)cc2Cl)CC1. The van der Waals surface area contributed by atoms with Gasteiger partial charge < -0.3 is 14.7 Å². The van der Waals surface area contributed by atoms with Crippen LogP contribution in [-0.2, 0) is 4.79 Å². The molecule has 1 saturated heterocycles. The lowest BCUT2D eigenvalue weighted by molar-refractivity contribution is -0.384. The number of urea groups is 1. The summed E-state index contributed by atoms with van der Waals surface area (Å²) in [5.41, 5.74) is 1.13. The summed E-state index contributed by atoms with van der Waals surface area (Å²) in [6.07, 6.45) is 2.96. The van der Waals surface area contributed by atoms with Gasteiger partial charge in [-0.05, 0) is 37.6 Å². The van der Waals surface area contributed by atoms with Gasteiger partial charge in [0.25, 0.3) is 5.69 Å². The van der Waals surface area contributed by atoms with Gasteiger partial charge in [-0.3, -0.25) is 14.9 Å². The molecule has 0 aliphatic carbocycles. The van der Waals surface area contributed by atoms with E-state index in [4.69, 9.17) is 23.2 Å². The summed E-state index contributed by atoms with van der Waals surface area (Å²) in [6, 6.07) is 9.38. The van der Waals surface area contributed by atoms with Gasteiger partial charge in [-0.15, -0.1) is 0 Å². The molecule has 0 N–H and O–H groups in total. The molecule has 2 aromatic carbocycles. The van der Waals surface area contributed by atoms with Gasteiger partial charge in [0.15, 0.2) is 0 Å². The first-order valence-corrected chi connectivity index (χ1v) is 11.8. The number of halogens is 2. The van der Waals surface area contributed by atoms with Crippen LogP contribution in [0.25, 0.3) is 17.2 Å². The quantitative estimate of drug-likeness (QED) is 0.307. The Bertz CT molecular complexity index is 1110.